The maximum absolute atomic E-state index is 2.55. The summed E-state index contributed by atoms with van der Waals surface area (Å²) < 4.78 is 0. The summed E-state index contributed by atoms with van der Waals surface area (Å²) in [5, 5.41) is 0. The Morgan fingerprint density at radius 2 is 1.81 bits per heavy atom. The van der Waals surface area contributed by atoms with E-state index >= 15 is 0 Å². The molecule has 0 radical (unpaired) electrons. The van der Waals surface area contributed by atoms with E-state index in [0.717, 1.165) is 0 Å². The molecule has 0 N–H and O–H groups in total. The van der Waals surface area contributed by atoms with Gasteiger partial charge in [0.1, 0.15) is 0 Å². The lowest BCUT2D eigenvalue weighted by Crippen LogP contribution is -2.22. The molecule has 0 amide bonds. The van der Waals surface area contributed by atoms with Crippen LogP contribution in [0.5, 0.6) is 0 Å². The van der Waals surface area contributed by atoms with Gasteiger partial charge in [-0.3, -0.25) is 0 Å². The lowest BCUT2D eigenvalue weighted by atomic mass is 9.68. The first-order chi connectivity index (χ1) is 10.1. The van der Waals surface area contributed by atoms with E-state index in [-0.39, 0.29) is 0 Å². The fraction of sp³-hybridized carbons (Fsp3) is 0.619. The normalized spacial score (nSPS) is 17.9. The molecule has 1 aliphatic rings. The quantitative estimate of drug-likeness (QED) is 0.529. The monoisotopic (exact) mass is 284 g/mol. The molecule has 1 aliphatic carbocycles. The summed E-state index contributed by atoms with van der Waals surface area (Å²) in [5.41, 5.74) is 5.11. The third-order valence-electron chi connectivity index (χ3n) is 5.19. The molecule has 0 unspecified atom stereocenters. The maximum Gasteiger partial charge on any atom is -0.0219 e. The van der Waals surface area contributed by atoms with Gasteiger partial charge in [-0.15, -0.1) is 0 Å². The minimum atomic E-state index is 0.600. The van der Waals surface area contributed by atoms with Crippen LogP contribution in [0.2, 0.25) is 0 Å². The number of hydrogen-bond acceptors (Lipinski definition) is 0. The molecule has 116 valence electrons. The van der Waals surface area contributed by atoms with Gasteiger partial charge in [-0.05, 0) is 60.1 Å². The van der Waals surface area contributed by atoms with Crippen molar-refractivity contribution in [2.75, 3.05) is 0 Å². The van der Waals surface area contributed by atoms with E-state index in [1.165, 1.54) is 56.1 Å². The van der Waals surface area contributed by atoms with Crippen LogP contribution in [0, 0.1) is 5.41 Å². The lowest BCUT2D eigenvalue weighted by molar-refractivity contribution is 0.213. The zero-order chi connectivity index (χ0) is 15.3. The molecule has 1 aromatic rings. The maximum atomic E-state index is 2.55. The molecule has 2 rings (SSSR count). The molecule has 0 aliphatic heterocycles. The predicted octanol–water partition coefficient (Wildman–Crippen LogP) is 6.96. The average molecular weight is 284 g/mol. The van der Waals surface area contributed by atoms with Crippen molar-refractivity contribution in [3.63, 3.8) is 0 Å². The molecule has 0 bridgehead atoms. The zero-order valence-electron chi connectivity index (χ0n) is 14.4. The highest BCUT2D eigenvalue weighted by molar-refractivity contribution is 5.67. The first-order valence-corrected chi connectivity index (χ1v) is 8.89. The second kappa shape index (κ2) is 7.29. The Kier molecular flexibility index (Phi) is 5.67. The van der Waals surface area contributed by atoms with Crippen molar-refractivity contribution in [3.8, 4) is 0 Å². The molecular formula is C21H32. The van der Waals surface area contributed by atoms with Gasteiger partial charge in [0, 0.05) is 0 Å². The van der Waals surface area contributed by atoms with Crippen LogP contribution in [-0.2, 0) is 0 Å². The highest BCUT2D eigenvalue weighted by Crippen LogP contribution is 2.45. The van der Waals surface area contributed by atoms with Crippen LogP contribution in [0.3, 0.4) is 0 Å². The van der Waals surface area contributed by atoms with Crippen LogP contribution in [0.15, 0.2) is 30.3 Å². The second-order valence-electron chi connectivity index (χ2n) is 7.21. The number of benzene rings is 1. The minimum absolute atomic E-state index is 0.600. The van der Waals surface area contributed by atoms with Gasteiger partial charge < -0.3 is 0 Å². The largest absolute Gasteiger partial charge is 0.0802 e. The summed E-state index contributed by atoms with van der Waals surface area (Å²) in [4.78, 5) is 0. The molecule has 0 saturated carbocycles. The van der Waals surface area contributed by atoms with Gasteiger partial charge in [-0.25, -0.2) is 0 Å². The summed E-state index contributed by atoms with van der Waals surface area (Å²) in [6.07, 6.45) is 11.9. The molecule has 0 heteroatoms. The predicted molar refractivity (Wildman–Crippen MR) is 94.6 cm³/mol. The van der Waals surface area contributed by atoms with Crippen molar-refractivity contribution in [1.29, 1.82) is 0 Å². The van der Waals surface area contributed by atoms with E-state index in [4.69, 9.17) is 0 Å². The molecule has 0 fully saturated rings. The summed E-state index contributed by atoms with van der Waals surface area (Å²) in [5.74, 6) is 0.619. The summed E-state index contributed by atoms with van der Waals surface area (Å²) >= 11 is 0. The molecule has 0 nitrogen and oxygen atoms in total. The Bertz CT molecular complexity index is 473. The molecule has 21 heavy (non-hydrogen) atoms. The average Bonchev–Trinajstić information content (AvgIpc) is 2.49. The second-order valence-corrected chi connectivity index (χ2v) is 7.21. The van der Waals surface area contributed by atoms with E-state index in [1.54, 1.807) is 5.57 Å². The van der Waals surface area contributed by atoms with E-state index in [2.05, 4.69) is 58.0 Å². The Balaban J connectivity index is 2.16. The van der Waals surface area contributed by atoms with Crippen LogP contribution in [0.25, 0.3) is 5.57 Å². The third kappa shape index (κ3) is 3.99. The van der Waals surface area contributed by atoms with Gasteiger partial charge in [0.2, 0.25) is 0 Å². The molecule has 0 aromatic heterocycles. The van der Waals surface area contributed by atoms with Gasteiger partial charge in [0.25, 0.3) is 0 Å². The molecule has 0 heterocycles. The third-order valence-corrected chi connectivity index (χ3v) is 5.19. The van der Waals surface area contributed by atoms with Crippen LogP contribution in [-0.4, -0.2) is 0 Å². The van der Waals surface area contributed by atoms with Crippen molar-refractivity contribution >= 4 is 5.57 Å². The van der Waals surface area contributed by atoms with Gasteiger partial charge in [0.15, 0.2) is 0 Å². The van der Waals surface area contributed by atoms with E-state index in [9.17, 15) is 0 Å². The summed E-state index contributed by atoms with van der Waals surface area (Å²) in [7, 11) is 0. The smallest absolute Gasteiger partial charge is 0.0219 e. The van der Waals surface area contributed by atoms with Crippen molar-refractivity contribution in [2.45, 2.75) is 78.6 Å². The Hall–Kier alpha value is -1.04. The van der Waals surface area contributed by atoms with Crippen molar-refractivity contribution in [1.82, 2.24) is 0 Å². The summed E-state index contributed by atoms with van der Waals surface area (Å²) in [6.45, 7) is 9.23. The first kappa shape index (κ1) is 16.3. The van der Waals surface area contributed by atoms with Crippen molar-refractivity contribution in [2.24, 2.45) is 5.41 Å². The van der Waals surface area contributed by atoms with Crippen LogP contribution in [0.4, 0.5) is 0 Å². The molecule has 0 atom stereocenters. The standard InChI is InChI=1S/C21H32/c1-5-12-21(13-6-2)14-10-18(11-15-21)20-9-7-8-19(16-20)17(3)4/h7-10,16-17H,5-6,11-15H2,1-4H3. The fourth-order valence-electron chi connectivity index (χ4n) is 3.94. The van der Waals surface area contributed by atoms with Gasteiger partial charge in [0.05, 0.1) is 0 Å². The molecule has 1 aromatic carbocycles. The fourth-order valence-corrected chi connectivity index (χ4v) is 3.94. The number of rotatable bonds is 6. The van der Waals surface area contributed by atoms with E-state index in [1.807, 2.05) is 0 Å². The Labute approximate surface area is 131 Å². The first-order valence-electron chi connectivity index (χ1n) is 8.89. The van der Waals surface area contributed by atoms with E-state index < -0.39 is 0 Å². The molecular weight excluding hydrogens is 252 g/mol. The zero-order valence-corrected chi connectivity index (χ0v) is 14.4. The topological polar surface area (TPSA) is 0 Å². The molecule has 0 spiro atoms. The van der Waals surface area contributed by atoms with Gasteiger partial charge in [-0.1, -0.05) is 70.9 Å². The van der Waals surface area contributed by atoms with Crippen LogP contribution < -0.4 is 0 Å². The lowest BCUT2D eigenvalue weighted by Gasteiger charge is -2.36. The number of hydrogen-bond donors (Lipinski definition) is 0. The Morgan fingerprint density at radius 3 is 2.33 bits per heavy atom. The highest BCUT2D eigenvalue weighted by Gasteiger charge is 2.30. The van der Waals surface area contributed by atoms with Crippen molar-refractivity contribution in [3.05, 3.63) is 41.5 Å². The highest BCUT2D eigenvalue weighted by atomic mass is 14.3. The Morgan fingerprint density at radius 1 is 1.10 bits per heavy atom. The van der Waals surface area contributed by atoms with Crippen molar-refractivity contribution < 1.29 is 0 Å². The SMILES string of the molecule is CCCC1(CCC)CC=C(c2cccc(C(C)C)c2)CC1. The van der Waals surface area contributed by atoms with Crippen LogP contribution >= 0.6 is 0 Å². The van der Waals surface area contributed by atoms with E-state index in [0.29, 0.717) is 11.3 Å². The van der Waals surface area contributed by atoms with Crippen LogP contribution in [0.1, 0.15) is 89.7 Å². The van der Waals surface area contributed by atoms with Gasteiger partial charge in [-0.2, -0.15) is 0 Å². The summed E-state index contributed by atoms with van der Waals surface area (Å²) in [6, 6.07) is 9.19. The minimum Gasteiger partial charge on any atom is -0.0802 e. The number of allylic oxidation sites excluding steroid dienone is 2. The molecule has 0 saturated heterocycles. The van der Waals surface area contributed by atoms with Gasteiger partial charge >= 0.3 is 0 Å².